The Labute approximate surface area is 141 Å². The molecule has 1 saturated heterocycles. The van der Waals surface area contributed by atoms with Crippen LogP contribution in [0.15, 0.2) is 27.8 Å². The lowest BCUT2D eigenvalue weighted by Crippen LogP contribution is -2.44. The molecule has 1 aliphatic heterocycles. The number of pyridine rings is 1. The normalized spacial score (nSPS) is 27.3. The van der Waals surface area contributed by atoms with Crippen LogP contribution in [0, 0.1) is 5.92 Å². The molecule has 10 heteroatoms. The summed E-state index contributed by atoms with van der Waals surface area (Å²) in [6.07, 6.45) is 3.00. The molecule has 1 aromatic rings. The predicted molar refractivity (Wildman–Crippen MR) is 83.9 cm³/mol. The molecule has 1 saturated carbocycles. The quantitative estimate of drug-likeness (QED) is 0.633. The summed E-state index contributed by atoms with van der Waals surface area (Å²) >= 11 is 3.20. The molecule has 1 aromatic heterocycles. The van der Waals surface area contributed by atoms with Crippen LogP contribution in [0.25, 0.3) is 0 Å². The molecule has 0 radical (unpaired) electrons. The molecule has 124 valence electrons. The van der Waals surface area contributed by atoms with Crippen molar-refractivity contribution < 1.29 is 18.0 Å². The molecule has 23 heavy (non-hydrogen) atoms. The highest BCUT2D eigenvalue weighted by Gasteiger charge is 2.50. The molecular weight excluding hydrogens is 388 g/mol. The van der Waals surface area contributed by atoms with Gasteiger partial charge in [-0.1, -0.05) is 0 Å². The Morgan fingerprint density at radius 3 is 2.78 bits per heavy atom. The number of carbonyl (C=O) groups is 2. The number of hydrogen-bond donors (Lipinski definition) is 3. The Hall–Kier alpha value is -1.52. The van der Waals surface area contributed by atoms with Gasteiger partial charge in [-0.3, -0.25) is 10.1 Å². The van der Waals surface area contributed by atoms with E-state index in [9.17, 15) is 18.0 Å². The first-order chi connectivity index (χ1) is 10.8. The van der Waals surface area contributed by atoms with Crippen LogP contribution in [0.3, 0.4) is 0 Å². The molecule has 0 bridgehead atoms. The molecule has 0 aromatic carbocycles. The number of halogens is 1. The number of aromatic nitrogens is 1. The average Bonchev–Trinajstić information content (AvgIpc) is 3.01. The maximum Gasteiger partial charge on any atom is 0.322 e. The van der Waals surface area contributed by atoms with Crippen LogP contribution in [-0.2, 0) is 14.8 Å². The Balaban J connectivity index is 1.62. The maximum atomic E-state index is 12.2. The Bertz CT molecular complexity index is 752. The molecule has 3 rings (SSSR count). The summed E-state index contributed by atoms with van der Waals surface area (Å²) in [5, 5.41) is 4.83. The summed E-state index contributed by atoms with van der Waals surface area (Å²) in [5.74, 6) is -0.355. The fourth-order valence-electron chi connectivity index (χ4n) is 2.99. The van der Waals surface area contributed by atoms with Crippen molar-refractivity contribution in [1.82, 2.24) is 20.3 Å². The molecule has 2 unspecified atom stereocenters. The Morgan fingerprint density at radius 2 is 2.17 bits per heavy atom. The van der Waals surface area contributed by atoms with Crippen molar-refractivity contribution in [1.29, 1.82) is 0 Å². The second-order valence-electron chi connectivity index (χ2n) is 5.77. The van der Waals surface area contributed by atoms with Gasteiger partial charge in [0.1, 0.15) is 5.54 Å². The lowest BCUT2D eigenvalue weighted by atomic mass is 9.96. The van der Waals surface area contributed by atoms with Crippen molar-refractivity contribution in [2.24, 2.45) is 5.92 Å². The zero-order chi connectivity index (χ0) is 16.7. The van der Waals surface area contributed by atoms with Crippen molar-refractivity contribution in [3.63, 3.8) is 0 Å². The van der Waals surface area contributed by atoms with Crippen LogP contribution in [0.2, 0.25) is 0 Å². The van der Waals surface area contributed by atoms with Crippen LogP contribution >= 0.6 is 15.9 Å². The fraction of sp³-hybridized carbons (Fsp3) is 0.462. The van der Waals surface area contributed by atoms with Gasteiger partial charge < -0.3 is 5.32 Å². The summed E-state index contributed by atoms with van der Waals surface area (Å²) in [5.41, 5.74) is -0.886. The van der Waals surface area contributed by atoms with Crippen LogP contribution in [0.4, 0.5) is 4.79 Å². The molecule has 2 atom stereocenters. The largest absolute Gasteiger partial charge is 0.323 e. The van der Waals surface area contributed by atoms with Gasteiger partial charge in [0.15, 0.2) is 5.03 Å². The monoisotopic (exact) mass is 402 g/mol. The lowest BCUT2D eigenvalue weighted by Gasteiger charge is -2.19. The summed E-state index contributed by atoms with van der Waals surface area (Å²) in [7, 11) is -3.69. The summed E-state index contributed by atoms with van der Waals surface area (Å²) in [6, 6.07) is 2.52. The van der Waals surface area contributed by atoms with Gasteiger partial charge >= 0.3 is 6.03 Å². The van der Waals surface area contributed by atoms with E-state index in [2.05, 4.69) is 36.3 Å². The smallest absolute Gasteiger partial charge is 0.322 e. The first kappa shape index (κ1) is 16.3. The van der Waals surface area contributed by atoms with Gasteiger partial charge in [0, 0.05) is 17.2 Å². The number of nitrogens with one attached hydrogen (secondary N) is 3. The molecule has 2 heterocycles. The zero-order valence-electron chi connectivity index (χ0n) is 12.0. The molecular formula is C13H15BrN4O4S. The van der Waals surface area contributed by atoms with E-state index in [0.717, 1.165) is 0 Å². The number of sulfonamides is 1. The number of urea groups is 1. The van der Waals surface area contributed by atoms with E-state index in [4.69, 9.17) is 0 Å². The standard InChI is InChI=1S/C13H15BrN4O4S/c14-9-1-2-10(15-7-9)23(21,22)16-6-8-3-4-13(5-8)11(19)17-12(20)18-13/h1-2,7-8,16H,3-6H2,(H2,17,18,19,20). The average molecular weight is 403 g/mol. The van der Waals surface area contributed by atoms with Crippen molar-refractivity contribution in [3.8, 4) is 0 Å². The first-order valence-corrected chi connectivity index (χ1v) is 9.33. The molecule has 2 fully saturated rings. The van der Waals surface area contributed by atoms with Gasteiger partial charge in [-0.05, 0) is 53.2 Å². The first-order valence-electron chi connectivity index (χ1n) is 7.06. The van der Waals surface area contributed by atoms with E-state index in [1.165, 1.54) is 12.3 Å². The van der Waals surface area contributed by atoms with Crippen molar-refractivity contribution in [2.45, 2.75) is 29.8 Å². The third-order valence-corrected chi connectivity index (χ3v) is 5.98. The molecule has 1 aliphatic carbocycles. The highest BCUT2D eigenvalue weighted by molar-refractivity contribution is 9.10. The summed E-state index contributed by atoms with van der Waals surface area (Å²) in [6.45, 7) is 0.199. The van der Waals surface area contributed by atoms with E-state index >= 15 is 0 Å². The van der Waals surface area contributed by atoms with Crippen molar-refractivity contribution in [2.75, 3.05) is 6.54 Å². The lowest BCUT2D eigenvalue weighted by molar-refractivity contribution is -0.123. The van der Waals surface area contributed by atoms with Gasteiger partial charge in [0.2, 0.25) is 0 Å². The van der Waals surface area contributed by atoms with Crippen LogP contribution in [0.1, 0.15) is 19.3 Å². The highest BCUT2D eigenvalue weighted by atomic mass is 79.9. The second kappa shape index (κ2) is 5.84. The SMILES string of the molecule is O=C1NC(=O)C2(CCC(CNS(=O)(=O)c3ccc(Br)cn3)C2)N1. The minimum absolute atomic E-state index is 0.0237. The Kier molecular flexibility index (Phi) is 4.15. The molecule has 3 N–H and O–H groups in total. The number of rotatable bonds is 4. The zero-order valence-corrected chi connectivity index (χ0v) is 14.4. The van der Waals surface area contributed by atoms with E-state index in [1.54, 1.807) is 6.07 Å². The summed E-state index contributed by atoms with van der Waals surface area (Å²) in [4.78, 5) is 27.0. The molecule has 1 spiro atoms. The van der Waals surface area contributed by atoms with Gasteiger partial charge in [0.05, 0.1) is 0 Å². The fourth-order valence-corrected chi connectivity index (χ4v) is 4.27. The van der Waals surface area contributed by atoms with Gasteiger partial charge in [-0.2, -0.15) is 0 Å². The molecule has 2 aliphatic rings. The van der Waals surface area contributed by atoms with Gasteiger partial charge in [0.25, 0.3) is 15.9 Å². The molecule has 3 amide bonds. The van der Waals surface area contributed by atoms with Crippen molar-refractivity contribution >= 4 is 37.9 Å². The number of hydrogen-bond acceptors (Lipinski definition) is 5. The Morgan fingerprint density at radius 1 is 1.39 bits per heavy atom. The minimum atomic E-state index is -3.69. The van der Waals surface area contributed by atoms with Crippen LogP contribution in [-0.4, -0.2) is 37.4 Å². The third-order valence-electron chi connectivity index (χ3n) is 4.17. The predicted octanol–water partition coefficient (Wildman–Crippen LogP) is 0.501. The summed E-state index contributed by atoms with van der Waals surface area (Å²) < 4.78 is 27.6. The number of carbonyl (C=O) groups excluding carboxylic acids is 2. The minimum Gasteiger partial charge on any atom is -0.323 e. The van der Waals surface area contributed by atoms with Gasteiger partial charge in [-0.15, -0.1) is 0 Å². The highest BCUT2D eigenvalue weighted by Crippen LogP contribution is 2.36. The maximum absolute atomic E-state index is 12.2. The van der Waals surface area contributed by atoms with E-state index in [0.29, 0.717) is 23.7 Å². The third kappa shape index (κ3) is 3.24. The number of amides is 3. The van der Waals surface area contributed by atoms with Crippen molar-refractivity contribution in [3.05, 3.63) is 22.8 Å². The van der Waals surface area contributed by atoms with E-state index in [1.807, 2.05) is 0 Å². The molecule has 8 nitrogen and oxygen atoms in total. The number of nitrogens with zero attached hydrogens (tertiary/aromatic N) is 1. The van der Waals surface area contributed by atoms with E-state index < -0.39 is 21.6 Å². The van der Waals surface area contributed by atoms with Crippen LogP contribution < -0.4 is 15.4 Å². The van der Waals surface area contributed by atoms with Gasteiger partial charge in [-0.25, -0.2) is 22.9 Å². The van der Waals surface area contributed by atoms with E-state index in [-0.39, 0.29) is 23.4 Å². The topological polar surface area (TPSA) is 117 Å². The second-order valence-corrected chi connectivity index (χ2v) is 8.40. The number of imide groups is 1. The van der Waals surface area contributed by atoms with Crippen LogP contribution in [0.5, 0.6) is 0 Å².